The Balaban J connectivity index is 1.74. The smallest absolute Gasteiger partial charge is 0.253 e. The van der Waals surface area contributed by atoms with Crippen molar-refractivity contribution in [2.24, 2.45) is 11.7 Å². The highest BCUT2D eigenvalue weighted by Crippen LogP contribution is 2.28. The summed E-state index contributed by atoms with van der Waals surface area (Å²) in [5.74, 6) is 0.0459. The second-order valence-electron chi connectivity index (χ2n) is 6.59. The van der Waals surface area contributed by atoms with Crippen LogP contribution in [0.15, 0.2) is 53.0 Å². The predicted octanol–water partition coefficient (Wildman–Crippen LogP) is 3.89. The Kier molecular flexibility index (Phi) is 6.39. The van der Waals surface area contributed by atoms with Crippen molar-refractivity contribution >= 4 is 39.3 Å². The van der Waals surface area contributed by atoms with Crippen LogP contribution in [-0.2, 0) is 4.79 Å². The Morgan fingerprint density at radius 1 is 1.22 bits per heavy atom. The Labute approximate surface area is 171 Å². The van der Waals surface area contributed by atoms with Gasteiger partial charge in [-0.05, 0) is 36.4 Å². The van der Waals surface area contributed by atoms with Gasteiger partial charge in [0.15, 0.2) is 0 Å². The molecule has 3 rings (SSSR count). The molecule has 2 aromatic carbocycles. The van der Waals surface area contributed by atoms with E-state index in [0.29, 0.717) is 30.1 Å². The van der Waals surface area contributed by atoms with Gasteiger partial charge in [0, 0.05) is 46.9 Å². The third kappa shape index (κ3) is 5.23. The third-order valence-corrected chi connectivity index (χ3v) is 5.30. The van der Waals surface area contributed by atoms with Crippen LogP contribution in [-0.4, -0.2) is 35.9 Å². The number of amides is 2. The fourth-order valence-electron chi connectivity index (χ4n) is 3.32. The minimum Gasteiger partial charge on any atom is -0.490 e. The zero-order valence-corrected chi connectivity index (χ0v) is 16.9. The van der Waals surface area contributed by atoms with E-state index in [1.807, 2.05) is 24.3 Å². The van der Waals surface area contributed by atoms with Crippen molar-refractivity contribution in [2.75, 3.05) is 13.1 Å². The fraction of sp³-hybridized carbons (Fsp3) is 0.300. The maximum absolute atomic E-state index is 12.8. The van der Waals surface area contributed by atoms with Gasteiger partial charge in [-0.25, -0.2) is 0 Å². The number of primary amides is 1. The molecular formula is C20H20BrClN2O3. The van der Waals surface area contributed by atoms with Crippen molar-refractivity contribution in [3.63, 3.8) is 0 Å². The molecule has 2 aromatic rings. The van der Waals surface area contributed by atoms with Crippen molar-refractivity contribution in [3.05, 3.63) is 63.6 Å². The summed E-state index contributed by atoms with van der Waals surface area (Å²) < 4.78 is 7.02. The van der Waals surface area contributed by atoms with Crippen LogP contribution in [0.1, 0.15) is 23.2 Å². The molecule has 0 aliphatic carbocycles. The molecule has 0 bridgehead atoms. The number of likely N-dealkylation sites (tertiary alicyclic amines) is 1. The topological polar surface area (TPSA) is 72.6 Å². The molecule has 142 valence electrons. The molecule has 0 unspecified atom stereocenters. The van der Waals surface area contributed by atoms with Crippen LogP contribution < -0.4 is 10.5 Å². The van der Waals surface area contributed by atoms with Crippen LogP contribution in [0.4, 0.5) is 0 Å². The number of piperidine rings is 1. The van der Waals surface area contributed by atoms with Crippen molar-refractivity contribution < 1.29 is 14.3 Å². The van der Waals surface area contributed by atoms with E-state index in [-0.39, 0.29) is 24.3 Å². The van der Waals surface area contributed by atoms with Crippen LogP contribution in [0, 0.1) is 5.92 Å². The SMILES string of the molecule is NC(=O)C[C@H]1CN(C(=O)c2cccc(Cl)c2)CC[C@@H]1Oc1cccc(Br)c1. The number of nitrogens with two attached hydrogens (primary N) is 1. The van der Waals surface area contributed by atoms with Gasteiger partial charge in [0.25, 0.3) is 5.91 Å². The molecule has 1 fully saturated rings. The molecule has 2 amide bonds. The van der Waals surface area contributed by atoms with Gasteiger partial charge < -0.3 is 15.4 Å². The Morgan fingerprint density at radius 2 is 2.00 bits per heavy atom. The zero-order valence-electron chi connectivity index (χ0n) is 14.6. The van der Waals surface area contributed by atoms with Crippen LogP contribution in [0.2, 0.25) is 5.02 Å². The average Bonchev–Trinajstić information content (AvgIpc) is 2.62. The van der Waals surface area contributed by atoms with Crippen molar-refractivity contribution in [1.82, 2.24) is 4.90 Å². The number of halogens is 2. The summed E-state index contributed by atoms with van der Waals surface area (Å²) in [4.78, 5) is 26.1. The standard InChI is InChI=1S/C20H20BrClN2O3/c21-15-4-2-6-17(11-15)27-18-7-8-24(12-14(18)10-19(23)25)20(26)13-3-1-5-16(22)9-13/h1-6,9,11,14,18H,7-8,10,12H2,(H2,23,25)/t14-,18-/m0/s1. The van der Waals surface area contributed by atoms with Crippen LogP contribution in [0.25, 0.3) is 0 Å². The summed E-state index contributed by atoms with van der Waals surface area (Å²) >= 11 is 9.42. The van der Waals surface area contributed by atoms with E-state index in [0.717, 1.165) is 10.2 Å². The van der Waals surface area contributed by atoms with Crippen molar-refractivity contribution in [2.45, 2.75) is 18.9 Å². The highest BCUT2D eigenvalue weighted by Gasteiger charge is 2.34. The Morgan fingerprint density at radius 3 is 2.70 bits per heavy atom. The lowest BCUT2D eigenvalue weighted by Gasteiger charge is -2.38. The molecule has 1 saturated heterocycles. The fourth-order valence-corrected chi connectivity index (χ4v) is 3.89. The summed E-state index contributed by atoms with van der Waals surface area (Å²) in [6.07, 6.45) is 0.601. The molecule has 5 nitrogen and oxygen atoms in total. The number of benzene rings is 2. The van der Waals surface area contributed by atoms with Crippen LogP contribution in [0.5, 0.6) is 5.75 Å². The first-order valence-corrected chi connectivity index (χ1v) is 9.85. The molecule has 1 heterocycles. The van der Waals surface area contributed by atoms with Gasteiger partial charge in [0.05, 0.1) is 0 Å². The van der Waals surface area contributed by atoms with E-state index >= 15 is 0 Å². The summed E-state index contributed by atoms with van der Waals surface area (Å²) in [5, 5.41) is 0.516. The van der Waals surface area contributed by atoms with Gasteiger partial charge in [-0.15, -0.1) is 0 Å². The number of ether oxygens (including phenoxy) is 1. The first kappa shape index (κ1) is 19.7. The number of hydrogen-bond donors (Lipinski definition) is 1. The van der Waals surface area contributed by atoms with E-state index in [4.69, 9.17) is 22.1 Å². The van der Waals surface area contributed by atoms with Crippen molar-refractivity contribution in [3.8, 4) is 5.75 Å². The average molecular weight is 452 g/mol. The maximum atomic E-state index is 12.8. The molecule has 0 saturated carbocycles. The minimum absolute atomic E-state index is 0.104. The molecule has 1 aliphatic heterocycles. The van der Waals surface area contributed by atoms with E-state index in [9.17, 15) is 9.59 Å². The second kappa shape index (κ2) is 8.76. The molecule has 7 heteroatoms. The van der Waals surface area contributed by atoms with Gasteiger partial charge in [-0.3, -0.25) is 9.59 Å². The third-order valence-electron chi connectivity index (χ3n) is 4.57. The minimum atomic E-state index is -0.403. The van der Waals surface area contributed by atoms with E-state index in [1.165, 1.54) is 0 Å². The molecule has 0 radical (unpaired) electrons. The lowest BCUT2D eigenvalue weighted by molar-refractivity contribution is -0.120. The molecule has 0 aromatic heterocycles. The van der Waals surface area contributed by atoms with E-state index in [2.05, 4.69) is 15.9 Å². The lowest BCUT2D eigenvalue weighted by Crippen LogP contribution is -2.49. The first-order valence-electron chi connectivity index (χ1n) is 8.68. The number of nitrogens with zero attached hydrogens (tertiary/aromatic N) is 1. The van der Waals surface area contributed by atoms with Crippen LogP contribution in [0.3, 0.4) is 0 Å². The van der Waals surface area contributed by atoms with Gasteiger partial charge in [0.1, 0.15) is 11.9 Å². The number of rotatable bonds is 5. The first-order chi connectivity index (χ1) is 12.9. The molecular weight excluding hydrogens is 432 g/mol. The molecule has 0 spiro atoms. The quantitative estimate of drug-likeness (QED) is 0.749. The van der Waals surface area contributed by atoms with E-state index in [1.54, 1.807) is 29.2 Å². The predicted molar refractivity (Wildman–Crippen MR) is 108 cm³/mol. The summed E-state index contributed by atoms with van der Waals surface area (Å²) in [7, 11) is 0. The second-order valence-corrected chi connectivity index (χ2v) is 7.95. The molecule has 1 aliphatic rings. The normalized spacial score (nSPS) is 19.6. The number of carbonyl (C=O) groups excluding carboxylic acids is 2. The molecule has 27 heavy (non-hydrogen) atoms. The van der Waals surface area contributed by atoms with Crippen LogP contribution >= 0.6 is 27.5 Å². The van der Waals surface area contributed by atoms with E-state index < -0.39 is 5.91 Å². The Hall–Kier alpha value is -2.05. The number of carbonyl (C=O) groups is 2. The Bertz CT molecular complexity index is 845. The lowest BCUT2D eigenvalue weighted by atomic mass is 9.90. The van der Waals surface area contributed by atoms with Gasteiger partial charge in [-0.1, -0.05) is 39.7 Å². The molecule has 2 atom stereocenters. The number of hydrogen-bond acceptors (Lipinski definition) is 3. The monoisotopic (exact) mass is 450 g/mol. The maximum Gasteiger partial charge on any atom is 0.253 e. The van der Waals surface area contributed by atoms with Gasteiger partial charge >= 0.3 is 0 Å². The largest absolute Gasteiger partial charge is 0.490 e. The highest BCUT2D eigenvalue weighted by atomic mass is 79.9. The zero-order chi connectivity index (χ0) is 19.4. The summed E-state index contributed by atoms with van der Waals surface area (Å²) in [6.45, 7) is 0.951. The van der Waals surface area contributed by atoms with Gasteiger partial charge in [0.2, 0.25) is 5.91 Å². The van der Waals surface area contributed by atoms with Crippen molar-refractivity contribution in [1.29, 1.82) is 0 Å². The summed E-state index contributed by atoms with van der Waals surface area (Å²) in [6, 6.07) is 14.4. The van der Waals surface area contributed by atoms with Gasteiger partial charge in [-0.2, -0.15) is 0 Å². The highest BCUT2D eigenvalue weighted by molar-refractivity contribution is 9.10. The summed E-state index contributed by atoms with van der Waals surface area (Å²) in [5.41, 5.74) is 5.97. The molecule has 2 N–H and O–H groups in total.